The summed E-state index contributed by atoms with van der Waals surface area (Å²) in [5, 5.41) is 0. The van der Waals surface area contributed by atoms with E-state index >= 15 is 0 Å². The zero-order chi connectivity index (χ0) is 10.6. The molecule has 0 N–H and O–H groups in total. The lowest BCUT2D eigenvalue weighted by Crippen LogP contribution is -2.01. The Morgan fingerprint density at radius 3 is 2.86 bits per heavy atom. The van der Waals surface area contributed by atoms with E-state index in [0.717, 1.165) is 5.56 Å². The van der Waals surface area contributed by atoms with Gasteiger partial charge < -0.3 is 4.74 Å². The van der Waals surface area contributed by atoms with E-state index in [2.05, 4.69) is 6.58 Å². The average Bonchev–Trinajstić information content (AvgIpc) is 2.20. The molecule has 0 aliphatic rings. The van der Waals surface area contributed by atoms with E-state index in [-0.39, 0.29) is 11.7 Å². The Kier molecular flexibility index (Phi) is 3.69. The van der Waals surface area contributed by atoms with Crippen LogP contribution in [-0.4, -0.2) is 6.61 Å². The summed E-state index contributed by atoms with van der Waals surface area (Å²) >= 11 is 0. The van der Waals surface area contributed by atoms with Gasteiger partial charge in [0.15, 0.2) is 11.6 Å². The highest BCUT2D eigenvalue weighted by atomic mass is 19.1. The predicted molar refractivity (Wildman–Crippen MR) is 56.2 cm³/mol. The molecule has 0 saturated carbocycles. The second-order valence-electron chi connectivity index (χ2n) is 3.12. The van der Waals surface area contributed by atoms with Crippen molar-refractivity contribution in [2.45, 2.75) is 19.8 Å². The Morgan fingerprint density at radius 2 is 2.29 bits per heavy atom. The smallest absolute Gasteiger partial charge is 0.165 e. The minimum absolute atomic E-state index is 0.104. The molecule has 0 aliphatic heterocycles. The quantitative estimate of drug-likeness (QED) is 0.666. The molecule has 2 heteroatoms. The second kappa shape index (κ2) is 4.80. The first-order valence-electron chi connectivity index (χ1n) is 4.74. The molecule has 0 amide bonds. The third kappa shape index (κ3) is 2.13. The van der Waals surface area contributed by atoms with Crippen LogP contribution < -0.4 is 4.74 Å². The monoisotopic (exact) mass is 194 g/mol. The van der Waals surface area contributed by atoms with Gasteiger partial charge in [0, 0.05) is 11.5 Å². The molecule has 76 valence electrons. The van der Waals surface area contributed by atoms with Crippen LogP contribution in [0.1, 0.15) is 25.3 Å². The lowest BCUT2D eigenvalue weighted by atomic mass is 10.0. The molecule has 0 aromatic heterocycles. The zero-order valence-corrected chi connectivity index (χ0v) is 8.59. The fraction of sp³-hybridized carbons (Fsp3) is 0.333. The van der Waals surface area contributed by atoms with Gasteiger partial charge in [-0.3, -0.25) is 0 Å². The van der Waals surface area contributed by atoms with Crippen LogP contribution in [0, 0.1) is 5.82 Å². The van der Waals surface area contributed by atoms with E-state index in [9.17, 15) is 4.39 Å². The van der Waals surface area contributed by atoms with Gasteiger partial charge in [-0.1, -0.05) is 25.1 Å². The summed E-state index contributed by atoms with van der Waals surface area (Å²) in [4.78, 5) is 0. The molecule has 0 spiro atoms. The molecular formula is C12H15FO. The van der Waals surface area contributed by atoms with Gasteiger partial charge in [-0.05, 0) is 13.0 Å². The standard InChI is InChI=1S/C12H15FO/c1-4-9(3)10-7-6-8-11(13)12(10)14-5-2/h4,6-9H,1,5H2,2-3H3. The Hall–Kier alpha value is -1.31. The summed E-state index contributed by atoms with van der Waals surface area (Å²) in [6.45, 7) is 7.96. The number of hydrogen-bond donors (Lipinski definition) is 0. The molecule has 14 heavy (non-hydrogen) atoms. The molecule has 0 fully saturated rings. The summed E-state index contributed by atoms with van der Waals surface area (Å²) in [5.41, 5.74) is 0.849. The van der Waals surface area contributed by atoms with Gasteiger partial charge in [0.05, 0.1) is 6.61 Å². The number of allylic oxidation sites excluding steroid dienone is 1. The molecule has 0 radical (unpaired) electrons. The van der Waals surface area contributed by atoms with Gasteiger partial charge in [-0.15, -0.1) is 6.58 Å². The van der Waals surface area contributed by atoms with Crippen LogP contribution in [0.25, 0.3) is 0 Å². The highest BCUT2D eigenvalue weighted by molar-refractivity contribution is 5.39. The van der Waals surface area contributed by atoms with Crippen LogP contribution in [0.3, 0.4) is 0 Å². The number of benzene rings is 1. The molecule has 0 heterocycles. The number of ether oxygens (including phenoxy) is 1. The molecule has 1 rings (SSSR count). The summed E-state index contributed by atoms with van der Waals surface area (Å²) in [6, 6.07) is 4.96. The van der Waals surface area contributed by atoms with Gasteiger partial charge in [-0.25, -0.2) is 4.39 Å². The second-order valence-corrected chi connectivity index (χ2v) is 3.12. The maximum Gasteiger partial charge on any atom is 0.165 e. The van der Waals surface area contributed by atoms with Gasteiger partial charge in [0.25, 0.3) is 0 Å². The lowest BCUT2D eigenvalue weighted by Gasteiger charge is -2.13. The van der Waals surface area contributed by atoms with Crippen LogP contribution >= 0.6 is 0 Å². The van der Waals surface area contributed by atoms with Crippen LogP contribution in [0.15, 0.2) is 30.9 Å². The molecule has 1 nitrogen and oxygen atoms in total. The summed E-state index contributed by atoms with van der Waals surface area (Å²) < 4.78 is 18.6. The Labute approximate surface area is 84.2 Å². The number of para-hydroxylation sites is 1. The van der Waals surface area contributed by atoms with Crippen LogP contribution in [0.2, 0.25) is 0 Å². The topological polar surface area (TPSA) is 9.23 Å². The highest BCUT2D eigenvalue weighted by Crippen LogP contribution is 2.29. The van der Waals surface area contributed by atoms with Crippen molar-refractivity contribution in [2.24, 2.45) is 0 Å². The van der Waals surface area contributed by atoms with Crippen LogP contribution in [0.5, 0.6) is 5.75 Å². The van der Waals surface area contributed by atoms with Crippen molar-refractivity contribution in [1.29, 1.82) is 0 Å². The average molecular weight is 194 g/mol. The summed E-state index contributed by atoms with van der Waals surface area (Å²) in [6.07, 6.45) is 1.78. The Morgan fingerprint density at radius 1 is 1.57 bits per heavy atom. The molecule has 1 unspecified atom stereocenters. The number of rotatable bonds is 4. The van der Waals surface area contributed by atoms with Crippen LogP contribution in [0.4, 0.5) is 4.39 Å². The van der Waals surface area contributed by atoms with Crippen molar-refractivity contribution in [3.63, 3.8) is 0 Å². The maximum atomic E-state index is 13.4. The van der Waals surface area contributed by atoms with E-state index in [1.807, 2.05) is 19.9 Å². The fourth-order valence-electron chi connectivity index (χ4n) is 1.31. The fourth-order valence-corrected chi connectivity index (χ4v) is 1.31. The lowest BCUT2D eigenvalue weighted by molar-refractivity contribution is 0.317. The molecule has 0 bridgehead atoms. The zero-order valence-electron chi connectivity index (χ0n) is 8.59. The van der Waals surface area contributed by atoms with Gasteiger partial charge in [0.1, 0.15) is 0 Å². The number of halogens is 1. The minimum Gasteiger partial charge on any atom is -0.490 e. The van der Waals surface area contributed by atoms with Crippen molar-refractivity contribution in [3.05, 3.63) is 42.2 Å². The van der Waals surface area contributed by atoms with E-state index in [1.54, 1.807) is 12.1 Å². The van der Waals surface area contributed by atoms with Crippen molar-refractivity contribution in [1.82, 2.24) is 0 Å². The normalized spacial score (nSPS) is 12.2. The van der Waals surface area contributed by atoms with E-state index in [4.69, 9.17) is 4.74 Å². The maximum absolute atomic E-state index is 13.4. The first-order chi connectivity index (χ1) is 6.70. The van der Waals surface area contributed by atoms with Crippen molar-refractivity contribution >= 4 is 0 Å². The first kappa shape index (κ1) is 10.8. The Bertz CT molecular complexity index is 320. The molecule has 1 aromatic carbocycles. The Balaban J connectivity index is 3.13. The van der Waals surface area contributed by atoms with E-state index in [0.29, 0.717) is 12.4 Å². The highest BCUT2D eigenvalue weighted by Gasteiger charge is 2.12. The molecule has 0 saturated heterocycles. The molecular weight excluding hydrogens is 179 g/mol. The third-order valence-electron chi connectivity index (χ3n) is 2.13. The molecule has 0 aliphatic carbocycles. The predicted octanol–water partition coefficient (Wildman–Crippen LogP) is 3.51. The third-order valence-corrected chi connectivity index (χ3v) is 2.13. The van der Waals surface area contributed by atoms with E-state index < -0.39 is 0 Å². The van der Waals surface area contributed by atoms with Crippen molar-refractivity contribution in [3.8, 4) is 5.75 Å². The summed E-state index contributed by atoms with van der Waals surface area (Å²) in [5.74, 6) is 0.146. The van der Waals surface area contributed by atoms with Crippen molar-refractivity contribution in [2.75, 3.05) is 6.61 Å². The van der Waals surface area contributed by atoms with E-state index in [1.165, 1.54) is 6.07 Å². The van der Waals surface area contributed by atoms with Crippen molar-refractivity contribution < 1.29 is 9.13 Å². The minimum atomic E-state index is -0.307. The van der Waals surface area contributed by atoms with Gasteiger partial charge in [-0.2, -0.15) is 0 Å². The van der Waals surface area contributed by atoms with Crippen LogP contribution in [-0.2, 0) is 0 Å². The first-order valence-corrected chi connectivity index (χ1v) is 4.74. The van der Waals surface area contributed by atoms with Gasteiger partial charge in [0.2, 0.25) is 0 Å². The summed E-state index contributed by atoms with van der Waals surface area (Å²) in [7, 11) is 0. The molecule has 1 atom stereocenters. The van der Waals surface area contributed by atoms with Gasteiger partial charge >= 0.3 is 0 Å². The molecule has 1 aromatic rings. The SMILES string of the molecule is C=CC(C)c1cccc(F)c1OCC. The largest absolute Gasteiger partial charge is 0.490 e. The number of hydrogen-bond acceptors (Lipinski definition) is 1.